The van der Waals surface area contributed by atoms with E-state index >= 15 is 0 Å². The summed E-state index contributed by atoms with van der Waals surface area (Å²) >= 11 is 0. The molecule has 0 saturated heterocycles. The topological polar surface area (TPSA) is 66.5 Å². The van der Waals surface area contributed by atoms with Crippen molar-refractivity contribution in [1.29, 1.82) is 0 Å². The Morgan fingerprint density at radius 3 is 2.23 bits per heavy atom. The second kappa shape index (κ2) is 10.3. The Hall–Kier alpha value is -3.12. The summed E-state index contributed by atoms with van der Waals surface area (Å²) in [6.45, 7) is 2.68. The average molecular weight is 437 g/mol. The zero-order chi connectivity index (χ0) is 22.3. The van der Waals surface area contributed by atoms with Crippen LogP contribution in [0.15, 0.2) is 89.8 Å². The van der Waals surface area contributed by atoms with Crippen molar-refractivity contribution in [2.24, 2.45) is 5.92 Å². The molecule has 0 radical (unpaired) electrons. The maximum atomic E-state index is 12.9. The van der Waals surface area contributed by atoms with Gasteiger partial charge >= 0.3 is 0 Å². The summed E-state index contributed by atoms with van der Waals surface area (Å²) in [6, 6.07) is 25.2. The van der Waals surface area contributed by atoms with E-state index in [9.17, 15) is 13.2 Å². The van der Waals surface area contributed by atoms with Gasteiger partial charge in [0.25, 0.3) is 15.9 Å². The summed E-state index contributed by atoms with van der Waals surface area (Å²) in [7, 11) is -2.20. The lowest BCUT2D eigenvalue weighted by atomic mass is 9.97. The molecule has 0 spiro atoms. The molecule has 0 aliphatic rings. The molecule has 3 aromatic rings. The Balaban J connectivity index is 1.68. The molecular formula is C25H28N2O3S. The molecule has 0 fully saturated rings. The maximum absolute atomic E-state index is 12.9. The summed E-state index contributed by atoms with van der Waals surface area (Å²) < 4.78 is 26.9. The van der Waals surface area contributed by atoms with E-state index in [1.807, 2.05) is 18.2 Å². The number of carbonyl (C=O) groups excluding carboxylic acids is 1. The molecule has 0 aliphatic carbocycles. The van der Waals surface area contributed by atoms with Gasteiger partial charge in [0.1, 0.15) is 0 Å². The molecule has 0 heterocycles. The lowest BCUT2D eigenvalue weighted by Gasteiger charge is -2.20. The molecule has 6 heteroatoms. The molecule has 0 aromatic heterocycles. The van der Waals surface area contributed by atoms with Crippen molar-refractivity contribution >= 4 is 21.6 Å². The van der Waals surface area contributed by atoms with Crippen molar-refractivity contribution in [2.45, 2.75) is 24.7 Å². The van der Waals surface area contributed by atoms with Gasteiger partial charge in [0.2, 0.25) is 0 Å². The van der Waals surface area contributed by atoms with Crippen LogP contribution in [0.2, 0.25) is 0 Å². The van der Waals surface area contributed by atoms with E-state index in [1.165, 1.54) is 16.9 Å². The molecule has 0 aliphatic heterocycles. The second-order valence-electron chi connectivity index (χ2n) is 7.51. The number of nitrogens with one attached hydrogen (secondary N) is 1. The van der Waals surface area contributed by atoms with Gasteiger partial charge in [-0.25, -0.2) is 8.42 Å². The second-order valence-corrected chi connectivity index (χ2v) is 9.48. The number of hydrogen-bond acceptors (Lipinski definition) is 3. The first-order chi connectivity index (χ1) is 14.9. The first-order valence-corrected chi connectivity index (χ1v) is 11.8. The molecule has 0 bridgehead atoms. The molecule has 0 unspecified atom stereocenters. The van der Waals surface area contributed by atoms with Crippen LogP contribution >= 0.6 is 0 Å². The van der Waals surface area contributed by atoms with Crippen molar-refractivity contribution < 1.29 is 13.2 Å². The van der Waals surface area contributed by atoms with Gasteiger partial charge in [-0.2, -0.15) is 0 Å². The highest BCUT2D eigenvalue weighted by atomic mass is 32.2. The zero-order valence-electron chi connectivity index (χ0n) is 17.9. The zero-order valence-corrected chi connectivity index (χ0v) is 18.7. The minimum absolute atomic E-state index is 0.207. The first kappa shape index (κ1) is 22.6. The Morgan fingerprint density at radius 1 is 0.935 bits per heavy atom. The summed E-state index contributed by atoms with van der Waals surface area (Å²) in [4.78, 5) is 12.9. The van der Waals surface area contributed by atoms with E-state index in [2.05, 4.69) is 24.4 Å². The Labute approximate surface area is 184 Å². The highest BCUT2D eigenvalue weighted by Crippen LogP contribution is 2.23. The molecule has 1 atom stereocenters. The highest BCUT2D eigenvalue weighted by Gasteiger charge is 2.21. The first-order valence-electron chi connectivity index (χ1n) is 10.4. The number of rotatable bonds is 9. The predicted octanol–water partition coefficient (Wildman–Crippen LogP) is 4.51. The van der Waals surface area contributed by atoms with E-state index < -0.39 is 10.0 Å². The monoisotopic (exact) mass is 436 g/mol. The molecule has 1 N–H and O–H groups in total. The van der Waals surface area contributed by atoms with E-state index in [0.717, 1.165) is 12.8 Å². The van der Waals surface area contributed by atoms with Crippen molar-refractivity contribution in [2.75, 3.05) is 17.9 Å². The van der Waals surface area contributed by atoms with E-state index in [4.69, 9.17) is 0 Å². The molecule has 3 aromatic carbocycles. The van der Waals surface area contributed by atoms with Gasteiger partial charge in [-0.1, -0.05) is 67.9 Å². The summed E-state index contributed by atoms with van der Waals surface area (Å²) in [5.74, 6) is 0.120. The molecule has 31 heavy (non-hydrogen) atoms. The third-order valence-electron chi connectivity index (χ3n) is 5.37. The fourth-order valence-corrected chi connectivity index (χ4v) is 4.59. The van der Waals surface area contributed by atoms with Gasteiger partial charge < -0.3 is 5.32 Å². The molecule has 5 nitrogen and oxygen atoms in total. The molecule has 1 amide bonds. The Morgan fingerprint density at radius 2 is 1.58 bits per heavy atom. The summed E-state index contributed by atoms with van der Waals surface area (Å²) in [5.41, 5.74) is 2.12. The molecular weight excluding hydrogens is 408 g/mol. The number of hydrogen-bond donors (Lipinski definition) is 1. The van der Waals surface area contributed by atoms with E-state index in [-0.39, 0.29) is 10.8 Å². The molecule has 3 rings (SSSR count). The van der Waals surface area contributed by atoms with Crippen LogP contribution in [-0.4, -0.2) is 27.9 Å². The minimum Gasteiger partial charge on any atom is -0.352 e. The van der Waals surface area contributed by atoms with Crippen LogP contribution in [0.3, 0.4) is 0 Å². The molecule has 0 saturated carbocycles. The van der Waals surface area contributed by atoms with Crippen LogP contribution in [0.1, 0.15) is 29.3 Å². The quantitative estimate of drug-likeness (QED) is 0.537. The third-order valence-corrected chi connectivity index (χ3v) is 7.17. The van der Waals surface area contributed by atoms with Gasteiger partial charge in [-0.05, 0) is 48.2 Å². The lowest BCUT2D eigenvalue weighted by molar-refractivity contribution is 0.0946. The average Bonchev–Trinajstić information content (AvgIpc) is 2.82. The van der Waals surface area contributed by atoms with Crippen LogP contribution in [-0.2, 0) is 16.4 Å². The standard InChI is InChI=1S/C25H28N2O3S/c1-3-20(17-21-11-6-4-7-12-21)19-26-25(28)22-13-10-14-23(18-22)27(2)31(29,30)24-15-8-5-9-16-24/h4-16,18,20H,3,17,19H2,1-2H3,(H,26,28)/t20-/m0/s1. The Bertz CT molecular complexity index is 1100. The van der Waals surface area contributed by atoms with Crippen LogP contribution in [0.25, 0.3) is 0 Å². The number of anilines is 1. The number of benzene rings is 3. The number of amides is 1. The number of nitrogens with zero attached hydrogens (tertiary/aromatic N) is 1. The van der Waals surface area contributed by atoms with Gasteiger partial charge in [-0.15, -0.1) is 0 Å². The largest absolute Gasteiger partial charge is 0.352 e. The summed E-state index contributed by atoms with van der Waals surface area (Å²) in [6.07, 6.45) is 1.85. The highest BCUT2D eigenvalue weighted by molar-refractivity contribution is 7.92. The summed E-state index contributed by atoms with van der Waals surface area (Å²) in [5, 5.41) is 3.00. The SMILES string of the molecule is CC[C@H](CNC(=O)c1cccc(N(C)S(=O)(=O)c2ccccc2)c1)Cc1ccccc1. The van der Waals surface area contributed by atoms with Crippen LogP contribution in [0, 0.1) is 5.92 Å². The minimum atomic E-state index is -3.70. The predicted molar refractivity (Wildman–Crippen MR) is 125 cm³/mol. The number of sulfonamides is 1. The third kappa shape index (κ3) is 5.73. The van der Waals surface area contributed by atoms with E-state index in [1.54, 1.807) is 54.6 Å². The van der Waals surface area contributed by atoms with Gasteiger partial charge in [0.15, 0.2) is 0 Å². The van der Waals surface area contributed by atoms with Crippen LogP contribution < -0.4 is 9.62 Å². The van der Waals surface area contributed by atoms with E-state index in [0.29, 0.717) is 23.7 Å². The smallest absolute Gasteiger partial charge is 0.264 e. The van der Waals surface area contributed by atoms with Gasteiger partial charge in [0.05, 0.1) is 10.6 Å². The van der Waals surface area contributed by atoms with Crippen molar-refractivity contribution in [3.05, 3.63) is 96.1 Å². The normalized spacial score (nSPS) is 12.2. The number of carbonyl (C=O) groups is 1. The fraction of sp³-hybridized carbons (Fsp3) is 0.240. The van der Waals surface area contributed by atoms with Crippen molar-refractivity contribution in [3.63, 3.8) is 0 Å². The van der Waals surface area contributed by atoms with Gasteiger partial charge in [0, 0.05) is 19.2 Å². The maximum Gasteiger partial charge on any atom is 0.264 e. The van der Waals surface area contributed by atoms with Crippen LogP contribution in [0.4, 0.5) is 5.69 Å². The van der Waals surface area contributed by atoms with Gasteiger partial charge in [-0.3, -0.25) is 9.10 Å². The van der Waals surface area contributed by atoms with Crippen molar-refractivity contribution in [1.82, 2.24) is 5.32 Å². The Kier molecular flexibility index (Phi) is 7.47. The lowest BCUT2D eigenvalue weighted by Crippen LogP contribution is -2.30. The van der Waals surface area contributed by atoms with Crippen LogP contribution in [0.5, 0.6) is 0 Å². The fourth-order valence-electron chi connectivity index (χ4n) is 3.38. The molecule has 162 valence electrons. The van der Waals surface area contributed by atoms with Crippen molar-refractivity contribution in [3.8, 4) is 0 Å².